The standard InChI is InChI=1S/C19H24N4O2/c1-4-16-7-5-6-14(2)18(16)21-19(25)17(12-20)13-22-8-10-23(11-9-22)15(3)24/h5-7,13H,4,8-11H2,1-3H3,(H,21,25)/b17-13-. The fraction of sp³-hybridized carbons (Fsp3) is 0.421. The van der Waals surface area contributed by atoms with E-state index in [9.17, 15) is 14.9 Å². The average molecular weight is 340 g/mol. The highest BCUT2D eigenvalue weighted by atomic mass is 16.2. The van der Waals surface area contributed by atoms with Crippen LogP contribution in [-0.4, -0.2) is 47.8 Å². The van der Waals surface area contributed by atoms with Crippen LogP contribution in [0, 0.1) is 18.3 Å². The molecule has 1 aliphatic heterocycles. The van der Waals surface area contributed by atoms with Gasteiger partial charge in [-0.05, 0) is 24.5 Å². The molecule has 6 heteroatoms. The van der Waals surface area contributed by atoms with Crippen molar-refractivity contribution in [2.24, 2.45) is 0 Å². The summed E-state index contributed by atoms with van der Waals surface area (Å²) in [5.74, 6) is -0.353. The highest BCUT2D eigenvalue weighted by molar-refractivity contribution is 6.07. The molecular formula is C19H24N4O2. The highest BCUT2D eigenvalue weighted by Gasteiger charge is 2.19. The summed E-state index contributed by atoms with van der Waals surface area (Å²) in [6.45, 7) is 7.94. The maximum atomic E-state index is 12.5. The van der Waals surface area contributed by atoms with Crippen LogP contribution in [0.1, 0.15) is 25.0 Å². The Labute approximate surface area is 148 Å². The molecule has 1 fully saturated rings. The number of para-hydroxylation sites is 1. The Bertz CT molecular complexity index is 725. The molecule has 0 aliphatic carbocycles. The van der Waals surface area contributed by atoms with Crippen molar-refractivity contribution in [3.63, 3.8) is 0 Å². The Kier molecular flexibility index (Phi) is 6.18. The van der Waals surface area contributed by atoms with Crippen LogP contribution in [0.25, 0.3) is 0 Å². The van der Waals surface area contributed by atoms with Crippen LogP contribution in [0.5, 0.6) is 0 Å². The summed E-state index contributed by atoms with van der Waals surface area (Å²) in [5.41, 5.74) is 2.86. The minimum Gasteiger partial charge on any atom is -0.373 e. The predicted octanol–water partition coefficient (Wildman–Crippen LogP) is 2.07. The van der Waals surface area contributed by atoms with Gasteiger partial charge in [0.15, 0.2) is 0 Å². The van der Waals surface area contributed by atoms with Gasteiger partial charge >= 0.3 is 0 Å². The van der Waals surface area contributed by atoms with Gasteiger partial charge in [0.05, 0.1) is 0 Å². The molecular weight excluding hydrogens is 316 g/mol. The molecule has 6 nitrogen and oxygen atoms in total. The van der Waals surface area contributed by atoms with Gasteiger partial charge in [-0.1, -0.05) is 25.1 Å². The number of nitrogens with zero attached hydrogens (tertiary/aromatic N) is 3. The van der Waals surface area contributed by atoms with Gasteiger partial charge in [0.25, 0.3) is 5.91 Å². The number of amides is 2. The van der Waals surface area contributed by atoms with Crippen molar-refractivity contribution in [1.82, 2.24) is 9.80 Å². The SMILES string of the molecule is CCc1cccc(C)c1NC(=O)/C(C#N)=C\N1CCN(C(C)=O)CC1. The number of carbonyl (C=O) groups is 2. The molecule has 1 N–H and O–H groups in total. The minimum absolute atomic E-state index is 0.0496. The first-order valence-corrected chi connectivity index (χ1v) is 8.47. The Morgan fingerprint density at radius 1 is 1.28 bits per heavy atom. The minimum atomic E-state index is -0.402. The third kappa shape index (κ3) is 4.60. The fourth-order valence-corrected chi connectivity index (χ4v) is 2.87. The first kappa shape index (κ1) is 18.5. The number of rotatable bonds is 4. The van der Waals surface area contributed by atoms with E-state index in [1.165, 1.54) is 0 Å². The van der Waals surface area contributed by atoms with Gasteiger partial charge in [-0.25, -0.2) is 0 Å². The Morgan fingerprint density at radius 2 is 1.96 bits per heavy atom. The molecule has 0 radical (unpaired) electrons. The van der Waals surface area contributed by atoms with E-state index in [1.807, 2.05) is 43.0 Å². The summed E-state index contributed by atoms with van der Waals surface area (Å²) in [5, 5.41) is 12.2. The number of benzene rings is 1. The zero-order valence-electron chi connectivity index (χ0n) is 15.0. The Morgan fingerprint density at radius 3 is 2.52 bits per heavy atom. The van der Waals surface area contributed by atoms with E-state index in [0.717, 1.165) is 23.2 Å². The van der Waals surface area contributed by atoms with Gasteiger partial charge in [-0.15, -0.1) is 0 Å². The quantitative estimate of drug-likeness (QED) is 0.672. The molecule has 1 heterocycles. The van der Waals surface area contributed by atoms with E-state index in [4.69, 9.17) is 0 Å². The lowest BCUT2D eigenvalue weighted by Gasteiger charge is -2.33. The molecule has 0 aromatic heterocycles. The van der Waals surface area contributed by atoms with Gasteiger partial charge in [-0.2, -0.15) is 5.26 Å². The van der Waals surface area contributed by atoms with Crippen LogP contribution < -0.4 is 5.32 Å². The third-order valence-corrected chi connectivity index (χ3v) is 4.41. The van der Waals surface area contributed by atoms with Gasteiger partial charge in [0.1, 0.15) is 11.6 Å². The second-order valence-electron chi connectivity index (χ2n) is 6.11. The van der Waals surface area contributed by atoms with Crippen molar-refractivity contribution in [3.8, 4) is 6.07 Å². The van der Waals surface area contributed by atoms with E-state index < -0.39 is 5.91 Å². The number of nitriles is 1. The normalized spacial score (nSPS) is 14.9. The summed E-state index contributed by atoms with van der Waals surface area (Å²) in [4.78, 5) is 27.6. The zero-order chi connectivity index (χ0) is 18.4. The van der Waals surface area contributed by atoms with Crippen molar-refractivity contribution >= 4 is 17.5 Å². The summed E-state index contributed by atoms with van der Waals surface area (Å²) in [7, 11) is 0. The molecule has 0 bridgehead atoms. The van der Waals surface area contributed by atoms with Gasteiger partial charge in [-0.3, -0.25) is 9.59 Å². The molecule has 1 saturated heterocycles. The van der Waals surface area contributed by atoms with E-state index in [0.29, 0.717) is 26.2 Å². The molecule has 25 heavy (non-hydrogen) atoms. The smallest absolute Gasteiger partial charge is 0.267 e. The molecule has 2 amide bonds. The van der Waals surface area contributed by atoms with Crippen LogP contribution in [-0.2, 0) is 16.0 Å². The molecule has 0 unspecified atom stereocenters. The topological polar surface area (TPSA) is 76.4 Å². The zero-order valence-corrected chi connectivity index (χ0v) is 15.0. The number of nitrogens with one attached hydrogen (secondary N) is 1. The Balaban J connectivity index is 2.10. The summed E-state index contributed by atoms with van der Waals surface area (Å²) in [6, 6.07) is 7.85. The first-order chi connectivity index (χ1) is 12.0. The van der Waals surface area contributed by atoms with Crippen LogP contribution in [0.3, 0.4) is 0 Å². The largest absolute Gasteiger partial charge is 0.373 e. The molecule has 0 atom stereocenters. The van der Waals surface area contributed by atoms with Crippen molar-refractivity contribution in [1.29, 1.82) is 5.26 Å². The van der Waals surface area contributed by atoms with Crippen LogP contribution in [0.4, 0.5) is 5.69 Å². The molecule has 132 valence electrons. The van der Waals surface area contributed by atoms with Crippen molar-refractivity contribution in [2.75, 3.05) is 31.5 Å². The summed E-state index contributed by atoms with van der Waals surface area (Å²) in [6.07, 6.45) is 2.40. The van der Waals surface area contributed by atoms with E-state index in [2.05, 4.69) is 5.32 Å². The molecule has 1 aromatic rings. The second kappa shape index (κ2) is 8.34. The monoisotopic (exact) mass is 340 g/mol. The number of aryl methyl sites for hydroxylation is 2. The van der Waals surface area contributed by atoms with Crippen LogP contribution >= 0.6 is 0 Å². The number of hydrogen-bond acceptors (Lipinski definition) is 4. The van der Waals surface area contributed by atoms with Gasteiger partial charge in [0.2, 0.25) is 5.91 Å². The molecule has 1 aromatic carbocycles. The molecule has 1 aliphatic rings. The lowest BCUT2D eigenvalue weighted by molar-refractivity contribution is -0.130. The van der Waals surface area contributed by atoms with Crippen LogP contribution in [0.15, 0.2) is 30.0 Å². The van der Waals surface area contributed by atoms with Crippen molar-refractivity contribution < 1.29 is 9.59 Å². The molecule has 0 spiro atoms. The lowest BCUT2D eigenvalue weighted by Crippen LogP contribution is -2.46. The predicted molar refractivity (Wildman–Crippen MR) is 96.7 cm³/mol. The number of anilines is 1. The van der Waals surface area contributed by atoms with E-state index >= 15 is 0 Å². The first-order valence-electron chi connectivity index (χ1n) is 8.47. The Hall–Kier alpha value is -2.81. The number of piperazine rings is 1. The van der Waals surface area contributed by atoms with Gasteiger partial charge < -0.3 is 15.1 Å². The maximum absolute atomic E-state index is 12.5. The third-order valence-electron chi connectivity index (χ3n) is 4.41. The fourth-order valence-electron chi connectivity index (χ4n) is 2.87. The molecule has 0 saturated carbocycles. The second-order valence-corrected chi connectivity index (χ2v) is 6.11. The van der Waals surface area contributed by atoms with E-state index in [1.54, 1.807) is 18.0 Å². The summed E-state index contributed by atoms with van der Waals surface area (Å²) < 4.78 is 0. The van der Waals surface area contributed by atoms with Crippen LogP contribution in [0.2, 0.25) is 0 Å². The van der Waals surface area contributed by atoms with Crippen molar-refractivity contribution in [2.45, 2.75) is 27.2 Å². The number of hydrogen-bond donors (Lipinski definition) is 1. The summed E-state index contributed by atoms with van der Waals surface area (Å²) >= 11 is 0. The van der Waals surface area contributed by atoms with E-state index in [-0.39, 0.29) is 11.5 Å². The average Bonchev–Trinajstić information content (AvgIpc) is 2.61. The molecule has 2 rings (SSSR count). The highest BCUT2D eigenvalue weighted by Crippen LogP contribution is 2.21. The number of carbonyl (C=O) groups excluding carboxylic acids is 2. The van der Waals surface area contributed by atoms with Gasteiger partial charge in [0, 0.05) is 45.0 Å². The lowest BCUT2D eigenvalue weighted by atomic mass is 10.1. The maximum Gasteiger partial charge on any atom is 0.267 e. The van der Waals surface area contributed by atoms with Crippen molar-refractivity contribution in [3.05, 3.63) is 41.1 Å².